The third-order valence-corrected chi connectivity index (χ3v) is 3.96. The molecule has 0 aliphatic rings. The van der Waals surface area contributed by atoms with Crippen molar-refractivity contribution in [1.29, 1.82) is 0 Å². The summed E-state index contributed by atoms with van der Waals surface area (Å²) in [5, 5.41) is 0.847. The molecule has 0 fully saturated rings. The Bertz CT molecular complexity index is 622. The van der Waals surface area contributed by atoms with Crippen molar-refractivity contribution in [3.05, 3.63) is 41.6 Å². The largest absolute Gasteiger partial charge is 0.366 e. The second kappa shape index (κ2) is 7.21. The second-order valence-corrected chi connectivity index (χ2v) is 5.60. The van der Waals surface area contributed by atoms with Crippen molar-refractivity contribution in [2.45, 2.75) is 51.9 Å². The number of benzene rings is 1. The summed E-state index contributed by atoms with van der Waals surface area (Å²) in [7, 11) is 0. The molecule has 2 N–H and O–H groups in total. The van der Waals surface area contributed by atoms with Crippen LogP contribution in [0, 0.1) is 0 Å². The highest BCUT2D eigenvalue weighted by Crippen LogP contribution is 2.29. The minimum Gasteiger partial charge on any atom is -0.366 e. The Balaban J connectivity index is 2.49. The van der Waals surface area contributed by atoms with E-state index in [-0.39, 0.29) is 5.91 Å². The zero-order valence-electron chi connectivity index (χ0n) is 12.9. The van der Waals surface area contributed by atoms with Crippen LogP contribution in [-0.2, 0) is 0 Å². The molecule has 1 heterocycles. The number of amides is 1. The molecule has 2 aromatic rings. The van der Waals surface area contributed by atoms with Gasteiger partial charge in [0.2, 0.25) is 5.91 Å². The van der Waals surface area contributed by atoms with Gasteiger partial charge in [0.1, 0.15) is 0 Å². The van der Waals surface area contributed by atoms with Gasteiger partial charge in [0.15, 0.2) is 0 Å². The maximum absolute atomic E-state index is 11.8. The lowest BCUT2D eigenvalue weighted by Crippen LogP contribution is -2.14. The lowest BCUT2D eigenvalue weighted by molar-refractivity contribution is 0.100. The minimum absolute atomic E-state index is 0.374. The van der Waals surface area contributed by atoms with E-state index in [0.717, 1.165) is 35.9 Å². The van der Waals surface area contributed by atoms with Crippen LogP contribution in [0.1, 0.15) is 67.9 Å². The highest BCUT2D eigenvalue weighted by atomic mass is 16.1. The molecule has 1 unspecified atom stereocenters. The third-order valence-electron chi connectivity index (χ3n) is 3.96. The number of fused-ring (bicyclic) bond motifs is 1. The van der Waals surface area contributed by atoms with Crippen LogP contribution in [0.25, 0.3) is 10.9 Å². The van der Waals surface area contributed by atoms with Crippen molar-refractivity contribution >= 4 is 16.8 Å². The minimum atomic E-state index is -0.374. The standard InChI is InChI=1S/C18H24N2O/c1-3-5-9-13(8-4-2)17-12-15(18(19)21)14-10-6-7-11-16(14)20-17/h6-7,10-13H,3-5,8-9H2,1-2H3,(H2,19,21). The Kier molecular flexibility index (Phi) is 5.32. The number of hydrogen-bond donors (Lipinski definition) is 1. The van der Waals surface area contributed by atoms with E-state index in [2.05, 4.69) is 13.8 Å². The molecule has 112 valence electrons. The summed E-state index contributed by atoms with van der Waals surface area (Å²) in [6.45, 7) is 4.39. The van der Waals surface area contributed by atoms with E-state index >= 15 is 0 Å². The molecule has 1 aromatic carbocycles. The predicted molar refractivity (Wildman–Crippen MR) is 87.4 cm³/mol. The molecular weight excluding hydrogens is 260 g/mol. The number of aromatic nitrogens is 1. The summed E-state index contributed by atoms with van der Waals surface area (Å²) in [5.74, 6) is 0.0400. The van der Waals surface area contributed by atoms with Gasteiger partial charge in [0.05, 0.1) is 11.1 Å². The van der Waals surface area contributed by atoms with Crippen molar-refractivity contribution in [3.8, 4) is 0 Å². The first-order valence-corrected chi connectivity index (χ1v) is 7.86. The Morgan fingerprint density at radius 1 is 1.19 bits per heavy atom. The molecule has 0 aliphatic heterocycles. The summed E-state index contributed by atoms with van der Waals surface area (Å²) in [4.78, 5) is 16.5. The zero-order valence-corrected chi connectivity index (χ0v) is 12.9. The number of unbranched alkanes of at least 4 members (excludes halogenated alkanes) is 1. The van der Waals surface area contributed by atoms with Gasteiger partial charge in [-0.25, -0.2) is 0 Å². The van der Waals surface area contributed by atoms with Gasteiger partial charge in [0, 0.05) is 17.0 Å². The highest BCUT2D eigenvalue weighted by Gasteiger charge is 2.16. The topological polar surface area (TPSA) is 56.0 Å². The van der Waals surface area contributed by atoms with E-state index in [9.17, 15) is 4.79 Å². The van der Waals surface area contributed by atoms with E-state index in [1.54, 1.807) is 0 Å². The van der Waals surface area contributed by atoms with Gasteiger partial charge in [-0.15, -0.1) is 0 Å². The van der Waals surface area contributed by atoms with Gasteiger partial charge < -0.3 is 5.73 Å². The molecule has 0 spiro atoms. The first kappa shape index (κ1) is 15.5. The number of primary amides is 1. The fourth-order valence-corrected chi connectivity index (χ4v) is 2.85. The molecule has 1 aromatic heterocycles. The van der Waals surface area contributed by atoms with E-state index in [1.165, 1.54) is 12.8 Å². The van der Waals surface area contributed by atoms with Gasteiger partial charge in [-0.2, -0.15) is 0 Å². The van der Waals surface area contributed by atoms with E-state index in [1.807, 2.05) is 30.3 Å². The van der Waals surface area contributed by atoms with Crippen LogP contribution < -0.4 is 5.73 Å². The average Bonchev–Trinajstić information content (AvgIpc) is 2.50. The van der Waals surface area contributed by atoms with Crippen LogP contribution >= 0.6 is 0 Å². The number of hydrogen-bond acceptors (Lipinski definition) is 2. The predicted octanol–water partition coefficient (Wildman–Crippen LogP) is 4.41. The number of para-hydroxylation sites is 1. The van der Waals surface area contributed by atoms with Crippen molar-refractivity contribution in [3.63, 3.8) is 0 Å². The molecule has 0 radical (unpaired) electrons. The Hall–Kier alpha value is -1.90. The Morgan fingerprint density at radius 3 is 2.62 bits per heavy atom. The fourth-order valence-electron chi connectivity index (χ4n) is 2.85. The molecule has 21 heavy (non-hydrogen) atoms. The summed E-state index contributed by atoms with van der Waals surface area (Å²) >= 11 is 0. The van der Waals surface area contributed by atoms with Crippen LogP contribution in [0.4, 0.5) is 0 Å². The smallest absolute Gasteiger partial charge is 0.249 e. The lowest BCUT2D eigenvalue weighted by Gasteiger charge is -2.17. The summed E-state index contributed by atoms with van der Waals surface area (Å²) < 4.78 is 0. The third kappa shape index (κ3) is 3.60. The van der Waals surface area contributed by atoms with Crippen LogP contribution in [0.5, 0.6) is 0 Å². The van der Waals surface area contributed by atoms with Crippen LogP contribution in [-0.4, -0.2) is 10.9 Å². The number of nitrogens with zero attached hydrogens (tertiary/aromatic N) is 1. The average molecular weight is 284 g/mol. The summed E-state index contributed by atoms with van der Waals surface area (Å²) in [6.07, 6.45) is 5.70. The van der Waals surface area contributed by atoms with Crippen molar-refractivity contribution in [2.24, 2.45) is 5.73 Å². The number of nitrogens with two attached hydrogens (primary N) is 1. The molecule has 1 atom stereocenters. The van der Waals surface area contributed by atoms with E-state index < -0.39 is 0 Å². The molecule has 0 aliphatic carbocycles. The summed E-state index contributed by atoms with van der Waals surface area (Å²) in [5.41, 5.74) is 8.02. The van der Waals surface area contributed by atoms with Gasteiger partial charge in [-0.05, 0) is 25.0 Å². The number of rotatable bonds is 7. The SMILES string of the molecule is CCCCC(CCC)c1cc(C(N)=O)c2ccccc2n1. The van der Waals surface area contributed by atoms with Crippen LogP contribution in [0.2, 0.25) is 0 Å². The summed E-state index contributed by atoms with van der Waals surface area (Å²) in [6, 6.07) is 9.63. The quantitative estimate of drug-likeness (QED) is 0.818. The van der Waals surface area contributed by atoms with E-state index in [0.29, 0.717) is 11.5 Å². The molecule has 1 amide bonds. The van der Waals surface area contributed by atoms with Gasteiger partial charge in [-0.3, -0.25) is 9.78 Å². The molecule has 0 saturated heterocycles. The fraction of sp³-hybridized carbons (Fsp3) is 0.444. The zero-order chi connectivity index (χ0) is 15.2. The van der Waals surface area contributed by atoms with Gasteiger partial charge >= 0.3 is 0 Å². The second-order valence-electron chi connectivity index (χ2n) is 5.60. The maximum Gasteiger partial charge on any atom is 0.249 e. The number of carbonyl (C=O) groups is 1. The van der Waals surface area contributed by atoms with Crippen molar-refractivity contribution in [2.75, 3.05) is 0 Å². The molecule has 0 saturated carbocycles. The van der Waals surface area contributed by atoms with Crippen molar-refractivity contribution < 1.29 is 4.79 Å². The van der Waals surface area contributed by atoms with Gasteiger partial charge in [-0.1, -0.05) is 51.3 Å². The maximum atomic E-state index is 11.8. The van der Waals surface area contributed by atoms with Crippen molar-refractivity contribution in [1.82, 2.24) is 4.98 Å². The van der Waals surface area contributed by atoms with E-state index in [4.69, 9.17) is 10.7 Å². The molecule has 3 heteroatoms. The van der Waals surface area contributed by atoms with Gasteiger partial charge in [0.25, 0.3) is 0 Å². The molecule has 2 rings (SSSR count). The Labute approximate surface area is 126 Å². The molecule has 0 bridgehead atoms. The normalized spacial score (nSPS) is 12.5. The monoisotopic (exact) mass is 284 g/mol. The highest BCUT2D eigenvalue weighted by molar-refractivity contribution is 6.05. The lowest BCUT2D eigenvalue weighted by atomic mass is 9.91. The van der Waals surface area contributed by atoms with Crippen LogP contribution in [0.15, 0.2) is 30.3 Å². The van der Waals surface area contributed by atoms with Crippen LogP contribution in [0.3, 0.4) is 0 Å². The molecule has 3 nitrogen and oxygen atoms in total. The first-order chi connectivity index (χ1) is 10.2. The Morgan fingerprint density at radius 2 is 1.95 bits per heavy atom. The number of carbonyl (C=O) groups excluding carboxylic acids is 1. The first-order valence-electron chi connectivity index (χ1n) is 7.86. The molecular formula is C18H24N2O. The number of pyridine rings is 1.